The van der Waals surface area contributed by atoms with Gasteiger partial charge in [-0.05, 0) is 48.9 Å². The maximum Gasteiger partial charge on any atom is 0.256 e. The summed E-state index contributed by atoms with van der Waals surface area (Å²) in [6.07, 6.45) is 1.64. The largest absolute Gasteiger partial charge is 0.497 e. The summed E-state index contributed by atoms with van der Waals surface area (Å²) in [4.78, 5) is 17.5. The van der Waals surface area contributed by atoms with Crippen LogP contribution in [-0.4, -0.2) is 25.1 Å². The summed E-state index contributed by atoms with van der Waals surface area (Å²) in [7, 11) is 3.18. The number of hydrogen-bond donors (Lipinski definition) is 1. The fourth-order valence-electron chi connectivity index (χ4n) is 3.29. The number of nitrogens with zero attached hydrogens (tertiary/aromatic N) is 1. The Kier molecular flexibility index (Phi) is 5.71. The van der Waals surface area contributed by atoms with Gasteiger partial charge in [-0.2, -0.15) is 0 Å². The molecule has 1 amide bonds. The SMILES string of the molecule is COc1cccc(-c2cnc(-c3ccccc3C(=O)Nc3cc(C)ccc3OC)o2)c1. The highest BCUT2D eigenvalue weighted by atomic mass is 16.5. The van der Waals surface area contributed by atoms with Crippen molar-refractivity contribution in [3.63, 3.8) is 0 Å². The zero-order valence-electron chi connectivity index (χ0n) is 17.5. The molecule has 0 aliphatic carbocycles. The number of aryl methyl sites for hydroxylation is 1. The fraction of sp³-hybridized carbons (Fsp3) is 0.120. The zero-order chi connectivity index (χ0) is 21.8. The number of methoxy groups -OCH3 is 2. The number of amides is 1. The second-order valence-corrected chi connectivity index (χ2v) is 6.97. The van der Waals surface area contributed by atoms with Gasteiger partial charge >= 0.3 is 0 Å². The van der Waals surface area contributed by atoms with E-state index in [2.05, 4.69) is 10.3 Å². The Morgan fingerprint density at radius 1 is 0.968 bits per heavy atom. The van der Waals surface area contributed by atoms with Crippen LogP contribution in [0.5, 0.6) is 11.5 Å². The van der Waals surface area contributed by atoms with Gasteiger partial charge in [-0.3, -0.25) is 4.79 Å². The van der Waals surface area contributed by atoms with Crippen LogP contribution < -0.4 is 14.8 Å². The van der Waals surface area contributed by atoms with Gasteiger partial charge in [0.25, 0.3) is 5.91 Å². The summed E-state index contributed by atoms with van der Waals surface area (Å²) in [6.45, 7) is 1.95. The van der Waals surface area contributed by atoms with E-state index in [-0.39, 0.29) is 5.91 Å². The first-order valence-electron chi connectivity index (χ1n) is 9.74. The summed E-state index contributed by atoms with van der Waals surface area (Å²) in [5.41, 5.74) is 3.50. The molecule has 0 saturated heterocycles. The third-order valence-corrected chi connectivity index (χ3v) is 4.87. The highest BCUT2D eigenvalue weighted by Crippen LogP contribution is 2.31. The molecule has 0 unspecified atom stereocenters. The molecule has 0 bridgehead atoms. The Labute approximate surface area is 180 Å². The van der Waals surface area contributed by atoms with E-state index in [4.69, 9.17) is 13.9 Å². The first kappa shape index (κ1) is 20.2. The molecule has 4 aromatic rings. The summed E-state index contributed by atoms with van der Waals surface area (Å²) in [5.74, 6) is 1.99. The van der Waals surface area contributed by atoms with Crippen molar-refractivity contribution in [2.24, 2.45) is 0 Å². The van der Waals surface area contributed by atoms with Crippen molar-refractivity contribution in [3.05, 3.63) is 84.1 Å². The van der Waals surface area contributed by atoms with Gasteiger partial charge in [0, 0.05) is 11.1 Å². The van der Waals surface area contributed by atoms with Gasteiger partial charge in [0.05, 0.1) is 31.7 Å². The Bertz CT molecular complexity index is 1230. The molecule has 1 N–H and O–H groups in total. The Balaban J connectivity index is 1.66. The molecule has 0 saturated carbocycles. The van der Waals surface area contributed by atoms with Crippen molar-refractivity contribution in [2.45, 2.75) is 6.92 Å². The lowest BCUT2D eigenvalue weighted by atomic mass is 10.1. The molecule has 0 fully saturated rings. The van der Waals surface area contributed by atoms with Gasteiger partial charge in [-0.25, -0.2) is 4.98 Å². The minimum absolute atomic E-state index is 0.277. The second-order valence-electron chi connectivity index (χ2n) is 6.97. The monoisotopic (exact) mass is 414 g/mol. The number of hydrogen-bond acceptors (Lipinski definition) is 5. The molecular formula is C25H22N2O4. The van der Waals surface area contributed by atoms with E-state index in [1.807, 2.05) is 61.5 Å². The topological polar surface area (TPSA) is 73.6 Å². The number of carbonyl (C=O) groups excluding carboxylic acids is 1. The number of carbonyl (C=O) groups is 1. The number of ether oxygens (including phenoxy) is 2. The maximum atomic E-state index is 13.1. The van der Waals surface area contributed by atoms with Crippen LogP contribution in [0.25, 0.3) is 22.8 Å². The summed E-state index contributed by atoms with van der Waals surface area (Å²) in [5, 5.41) is 2.93. The zero-order valence-corrected chi connectivity index (χ0v) is 17.5. The first-order chi connectivity index (χ1) is 15.1. The normalized spacial score (nSPS) is 10.5. The molecule has 31 heavy (non-hydrogen) atoms. The van der Waals surface area contributed by atoms with Gasteiger partial charge < -0.3 is 19.2 Å². The molecule has 3 aromatic carbocycles. The van der Waals surface area contributed by atoms with Gasteiger partial charge in [-0.1, -0.05) is 30.3 Å². The first-order valence-corrected chi connectivity index (χ1v) is 9.74. The van der Waals surface area contributed by atoms with Gasteiger partial charge in [0.15, 0.2) is 5.76 Å². The van der Waals surface area contributed by atoms with E-state index in [1.165, 1.54) is 0 Å². The van der Waals surface area contributed by atoms with Crippen molar-refractivity contribution >= 4 is 11.6 Å². The van der Waals surface area contributed by atoms with Crippen LogP contribution in [0, 0.1) is 6.92 Å². The van der Waals surface area contributed by atoms with E-state index < -0.39 is 0 Å². The van der Waals surface area contributed by atoms with E-state index in [9.17, 15) is 4.79 Å². The Hall–Kier alpha value is -4.06. The number of aromatic nitrogens is 1. The third-order valence-electron chi connectivity index (χ3n) is 4.87. The lowest BCUT2D eigenvalue weighted by Crippen LogP contribution is -2.14. The van der Waals surface area contributed by atoms with Crippen molar-refractivity contribution < 1.29 is 18.7 Å². The highest BCUT2D eigenvalue weighted by Gasteiger charge is 2.18. The number of anilines is 1. The number of benzene rings is 3. The molecule has 0 aliphatic rings. The van der Waals surface area contributed by atoms with Crippen LogP contribution >= 0.6 is 0 Å². The van der Waals surface area contributed by atoms with Gasteiger partial charge in [-0.15, -0.1) is 0 Å². The van der Waals surface area contributed by atoms with Crippen molar-refractivity contribution in [3.8, 4) is 34.3 Å². The van der Waals surface area contributed by atoms with Crippen LogP contribution in [0.15, 0.2) is 77.3 Å². The van der Waals surface area contributed by atoms with Crippen LogP contribution in [0.3, 0.4) is 0 Å². The average molecular weight is 414 g/mol. The number of rotatable bonds is 6. The molecule has 1 heterocycles. The quantitative estimate of drug-likeness (QED) is 0.445. The standard InChI is InChI=1S/C25H22N2O4/c1-16-11-12-22(30-3)21(13-16)27-24(28)19-9-4-5-10-20(19)25-26-15-23(31-25)17-7-6-8-18(14-17)29-2/h4-15H,1-3H3,(H,27,28). The minimum Gasteiger partial charge on any atom is -0.497 e. The third kappa shape index (κ3) is 4.28. The maximum absolute atomic E-state index is 13.1. The number of nitrogens with one attached hydrogen (secondary N) is 1. The van der Waals surface area contributed by atoms with Gasteiger partial charge in [0.2, 0.25) is 5.89 Å². The molecule has 6 heteroatoms. The smallest absolute Gasteiger partial charge is 0.256 e. The van der Waals surface area contributed by atoms with Crippen LogP contribution in [0.1, 0.15) is 15.9 Å². The summed E-state index contributed by atoms with van der Waals surface area (Å²) >= 11 is 0. The molecule has 4 rings (SSSR count). The highest BCUT2D eigenvalue weighted by molar-refractivity contribution is 6.08. The predicted molar refractivity (Wildman–Crippen MR) is 120 cm³/mol. The molecule has 0 radical (unpaired) electrons. The molecule has 156 valence electrons. The van der Waals surface area contributed by atoms with E-state index >= 15 is 0 Å². The van der Waals surface area contributed by atoms with Crippen LogP contribution in [-0.2, 0) is 0 Å². The Morgan fingerprint density at radius 3 is 2.61 bits per heavy atom. The molecular weight excluding hydrogens is 392 g/mol. The van der Waals surface area contributed by atoms with Crippen molar-refractivity contribution in [1.82, 2.24) is 4.98 Å². The predicted octanol–water partition coefficient (Wildman–Crippen LogP) is 5.59. The molecule has 0 atom stereocenters. The molecule has 0 spiro atoms. The van der Waals surface area contributed by atoms with Crippen LogP contribution in [0.4, 0.5) is 5.69 Å². The van der Waals surface area contributed by atoms with E-state index in [0.29, 0.717) is 34.2 Å². The second kappa shape index (κ2) is 8.75. The van der Waals surface area contributed by atoms with E-state index in [1.54, 1.807) is 32.5 Å². The lowest BCUT2D eigenvalue weighted by molar-refractivity contribution is 0.102. The lowest BCUT2D eigenvalue weighted by Gasteiger charge is -2.12. The number of oxazole rings is 1. The molecule has 6 nitrogen and oxygen atoms in total. The van der Waals surface area contributed by atoms with Crippen molar-refractivity contribution in [1.29, 1.82) is 0 Å². The fourth-order valence-corrected chi connectivity index (χ4v) is 3.29. The van der Waals surface area contributed by atoms with Crippen molar-refractivity contribution in [2.75, 3.05) is 19.5 Å². The Morgan fingerprint density at radius 2 is 1.81 bits per heavy atom. The summed E-state index contributed by atoms with van der Waals surface area (Å²) < 4.78 is 16.6. The molecule has 1 aromatic heterocycles. The molecule has 0 aliphatic heterocycles. The van der Waals surface area contributed by atoms with Crippen LogP contribution in [0.2, 0.25) is 0 Å². The average Bonchev–Trinajstić information content (AvgIpc) is 3.29. The van der Waals surface area contributed by atoms with E-state index in [0.717, 1.165) is 16.9 Å². The van der Waals surface area contributed by atoms with Gasteiger partial charge in [0.1, 0.15) is 11.5 Å². The minimum atomic E-state index is -0.277. The summed E-state index contributed by atoms with van der Waals surface area (Å²) in [6, 6.07) is 20.3.